The maximum atomic E-state index is 5.78. The van der Waals surface area contributed by atoms with E-state index in [1.165, 1.54) is 0 Å². The molecule has 0 aromatic heterocycles. The van der Waals surface area contributed by atoms with Crippen LogP contribution in [0.3, 0.4) is 0 Å². The van der Waals surface area contributed by atoms with Crippen molar-refractivity contribution in [2.24, 2.45) is 0 Å². The fraction of sp³-hybridized carbons (Fsp3) is 0.143. The van der Waals surface area contributed by atoms with Gasteiger partial charge in [0.05, 0.1) is 10.7 Å². The average Bonchev–Trinajstić information content (AvgIpc) is 1.96. The predicted molar refractivity (Wildman–Crippen MR) is 53.1 cm³/mol. The van der Waals surface area contributed by atoms with E-state index in [1.807, 2.05) is 6.07 Å². The van der Waals surface area contributed by atoms with Gasteiger partial charge in [0.25, 0.3) is 0 Å². The van der Waals surface area contributed by atoms with E-state index in [4.69, 9.17) is 28.9 Å². The highest BCUT2D eigenvalue weighted by atomic mass is 79.9. The zero-order valence-corrected chi connectivity index (χ0v) is 8.67. The molecule has 0 spiro atoms. The second-order valence-corrected chi connectivity index (χ2v) is 3.68. The standard InChI is InChI=1S/C7H6BrCl2N/c8-5-1-4(3-9)7(11)6(10)2-5/h1-2H,3,11H2. The Morgan fingerprint density at radius 1 is 1.45 bits per heavy atom. The molecule has 0 radical (unpaired) electrons. The van der Waals surface area contributed by atoms with Crippen LogP contribution < -0.4 is 5.73 Å². The van der Waals surface area contributed by atoms with Crippen LogP contribution >= 0.6 is 39.1 Å². The Balaban J connectivity index is 3.24. The van der Waals surface area contributed by atoms with E-state index < -0.39 is 0 Å². The molecule has 1 aromatic rings. The van der Waals surface area contributed by atoms with E-state index >= 15 is 0 Å². The number of hydrogen-bond acceptors (Lipinski definition) is 1. The summed E-state index contributed by atoms with van der Waals surface area (Å²) < 4.78 is 0.896. The summed E-state index contributed by atoms with van der Waals surface area (Å²) in [5.74, 6) is 0.380. The molecule has 0 saturated heterocycles. The Labute approximate surface area is 83.6 Å². The molecule has 0 fully saturated rings. The van der Waals surface area contributed by atoms with E-state index in [1.54, 1.807) is 6.07 Å². The second-order valence-electron chi connectivity index (χ2n) is 2.09. The lowest BCUT2D eigenvalue weighted by Crippen LogP contribution is -1.92. The minimum absolute atomic E-state index is 0.380. The molecule has 1 aromatic carbocycles. The number of halogens is 3. The van der Waals surface area contributed by atoms with Crippen molar-refractivity contribution in [1.82, 2.24) is 0 Å². The van der Waals surface area contributed by atoms with Crippen LogP contribution in [0.25, 0.3) is 0 Å². The summed E-state index contributed by atoms with van der Waals surface area (Å²) >= 11 is 14.7. The number of nitrogen functional groups attached to an aromatic ring is 1. The molecule has 0 unspecified atom stereocenters. The normalized spacial score (nSPS) is 10.1. The molecule has 11 heavy (non-hydrogen) atoms. The fourth-order valence-electron chi connectivity index (χ4n) is 0.749. The highest BCUT2D eigenvalue weighted by Crippen LogP contribution is 2.28. The molecule has 0 saturated carbocycles. The van der Waals surface area contributed by atoms with Gasteiger partial charge in [-0.3, -0.25) is 0 Å². The highest BCUT2D eigenvalue weighted by Gasteiger charge is 2.03. The summed E-state index contributed by atoms with van der Waals surface area (Å²) in [6.45, 7) is 0. The predicted octanol–water partition coefficient (Wildman–Crippen LogP) is 3.42. The van der Waals surface area contributed by atoms with Gasteiger partial charge >= 0.3 is 0 Å². The van der Waals surface area contributed by atoms with Crippen LogP contribution in [0.5, 0.6) is 0 Å². The summed E-state index contributed by atoms with van der Waals surface area (Å²) in [7, 11) is 0. The van der Waals surface area contributed by atoms with Gasteiger partial charge in [0.1, 0.15) is 0 Å². The van der Waals surface area contributed by atoms with Crippen LogP contribution in [0.1, 0.15) is 5.56 Å². The first-order chi connectivity index (χ1) is 5.15. The van der Waals surface area contributed by atoms with Crippen molar-refractivity contribution in [3.63, 3.8) is 0 Å². The van der Waals surface area contributed by atoms with Crippen molar-refractivity contribution in [2.45, 2.75) is 5.88 Å². The molecular formula is C7H6BrCl2N. The molecule has 2 N–H and O–H groups in total. The Morgan fingerprint density at radius 3 is 2.64 bits per heavy atom. The van der Waals surface area contributed by atoms with Crippen molar-refractivity contribution in [3.8, 4) is 0 Å². The monoisotopic (exact) mass is 253 g/mol. The topological polar surface area (TPSA) is 26.0 Å². The quantitative estimate of drug-likeness (QED) is 0.603. The summed E-state index contributed by atoms with van der Waals surface area (Å²) in [5, 5.41) is 0.537. The zero-order chi connectivity index (χ0) is 8.43. The maximum absolute atomic E-state index is 5.78. The van der Waals surface area contributed by atoms with Crippen molar-refractivity contribution in [1.29, 1.82) is 0 Å². The molecule has 0 aliphatic heterocycles. The molecule has 1 rings (SSSR count). The second kappa shape index (κ2) is 3.65. The first kappa shape index (κ1) is 9.17. The van der Waals surface area contributed by atoms with Crippen molar-refractivity contribution >= 4 is 44.8 Å². The molecule has 0 aliphatic rings. The molecular weight excluding hydrogens is 249 g/mol. The average molecular weight is 255 g/mol. The molecule has 0 atom stereocenters. The van der Waals surface area contributed by atoms with E-state index in [-0.39, 0.29) is 0 Å². The number of alkyl halides is 1. The summed E-state index contributed by atoms with van der Waals surface area (Å²) in [4.78, 5) is 0. The van der Waals surface area contributed by atoms with Gasteiger partial charge in [0.15, 0.2) is 0 Å². The SMILES string of the molecule is Nc1c(Cl)cc(Br)cc1CCl. The number of anilines is 1. The molecule has 0 aliphatic carbocycles. The van der Waals surface area contributed by atoms with Crippen molar-refractivity contribution < 1.29 is 0 Å². The fourth-order valence-corrected chi connectivity index (χ4v) is 1.85. The van der Waals surface area contributed by atoms with Crippen molar-refractivity contribution in [2.75, 3.05) is 5.73 Å². The summed E-state index contributed by atoms with van der Waals surface area (Å²) in [5.41, 5.74) is 7.04. The Bertz CT molecular complexity index is 275. The first-order valence-corrected chi connectivity index (χ1v) is 4.65. The van der Waals surface area contributed by atoms with Gasteiger partial charge in [-0.05, 0) is 17.7 Å². The van der Waals surface area contributed by atoms with Crippen LogP contribution in [0.4, 0.5) is 5.69 Å². The lowest BCUT2D eigenvalue weighted by molar-refractivity contribution is 1.39. The van der Waals surface area contributed by atoms with Crippen LogP contribution in [-0.2, 0) is 5.88 Å². The van der Waals surface area contributed by atoms with Gasteiger partial charge < -0.3 is 5.73 Å². The molecule has 0 amide bonds. The molecule has 0 bridgehead atoms. The van der Waals surface area contributed by atoms with E-state index in [2.05, 4.69) is 15.9 Å². The van der Waals surface area contributed by atoms with E-state index in [0.29, 0.717) is 16.6 Å². The number of benzene rings is 1. The molecule has 0 heterocycles. The van der Waals surface area contributed by atoms with Crippen LogP contribution in [0.2, 0.25) is 5.02 Å². The van der Waals surface area contributed by atoms with E-state index in [9.17, 15) is 0 Å². The van der Waals surface area contributed by atoms with Crippen LogP contribution in [-0.4, -0.2) is 0 Å². The third-order valence-corrected chi connectivity index (χ3v) is 2.38. The lowest BCUT2D eigenvalue weighted by atomic mass is 10.2. The Kier molecular flexibility index (Phi) is 3.05. The zero-order valence-electron chi connectivity index (χ0n) is 5.57. The van der Waals surface area contributed by atoms with Gasteiger partial charge in [0, 0.05) is 10.4 Å². The summed E-state index contributed by atoms with van der Waals surface area (Å²) in [6.07, 6.45) is 0. The van der Waals surface area contributed by atoms with Crippen LogP contribution in [0.15, 0.2) is 16.6 Å². The van der Waals surface area contributed by atoms with Crippen LogP contribution in [0, 0.1) is 0 Å². The largest absolute Gasteiger partial charge is 0.397 e. The first-order valence-electron chi connectivity index (χ1n) is 2.94. The smallest absolute Gasteiger partial charge is 0.0649 e. The number of nitrogens with two attached hydrogens (primary N) is 1. The van der Waals surface area contributed by atoms with Gasteiger partial charge in [-0.2, -0.15) is 0 Å². The van der Waals surface area contributed by atoms with Gasteiger partial charge in [-0.15, -0.1) is 11.6 Å². The Morgan fingerprint density at radius 2 is 2.09 bits per heavy atom. The highest BCUT2D eigenvalue weighted by molar-refractivity contribution is 9.10. The van der Waals surface area contributed by atoms with E-state index in [0.717, 1.165) is 10.0 Å². The summed E-state index contributed by atoms with van der Waals surface area (Å²) in [6, 6.07) is 3.60. The minimum atomic E-state index is 0.380. The van der Waals surface area contributed by atoms with Gasteiger partial charge in [-0.25, -0.2) is 0 Å². The van der Waals surface area contributed by atoms with Gasteiger partial charge in [0.2, 0.25) is 0 Å². The molecule has 4 heteroatoms. The van der Waals surface area contributed by atoms with Crippen molar-refractivity contribution in [3.05, 3.63) is 27.2 Å². The maximum Gasteiger partial charge on any atom is 0.0649 e. The number of hydrogen-bond donors (Lipinski definition) is 1. The van der Waals surface area contributed by atoms with Gasteiger partial charge in [-0.1, -0.05) is 27.5 Å². The molecule has 60 valence electrons. The Hall–Kier alpha value is 0.0800. The minimum Gasteiger partial charge on any atom is -0.397 e. The third kappa shape index (κ3) is 2.01. The number of rotatable bonds is 1. The lowest BCUT2D eigenvalue weighted by Gasteiger charge is -2.04. The molecule has 1 nitrogen and oxygen atoms in total. The third-order valence-electron chi connectivity index (χ3n) is 1.32.